The zero-order valence-electron chi connectivity index (χ0n) is 14.9. The molecule has 1 aliphatic heterocycles. The van der Waals surface area contributed by atoms with Crippen molar-refractivity contribution in [2.24, 2.45) is 0 Å². The second kappa shape index (κ2) is 6.76. The quantitative estimate of drug-likeness (QED) is 0.894. The van der Waals surface area contributed by atoms with Crippen LogP contribution in [0.15, 0.2) is 6.07 Å². The summed E-state index contributed by atoms with van der Waals surface area (Å²) < 4.78 is 3.91. The van der Waals surface area contributed by atoms with Gasteiger partial charge in [-0.2, -0.15) is 10.2 Å². The summed E-state index contributed by atoms with van der Waals surface area (Å²) in [5.74, 6) is -0.133. The van der Waals surface area contributed by atoms with Gasteiger partial charge in [0, 0.05) is 30.9 Å². The second-order valence-electron chi connectivity index (χ2n) is 6.37. The molecule has 0 bridgehead atoms. The normalized spacial score (nSPS) is 15.7. The third-order valence-corrected chi connectivity index (χ3v) is 4.64. The van der Waals surface area contributed by atoms with Crippen molar-refractivity contribution in [3.05, 3.63) is 34.4 Å². The lowest BCUT2D eigenvalue weighted by Gasteiger charge is -2.14. The zero-order chi connectivity index (χ0) is 17.3. The first-order valence-electron chi connectivity index (χ1n) is 8.63. The van der Waals surface area contributed by atoms with Gasteiger partial charge in [-0.3, -0.25) is 14.2 Å². The molecule has 7 nitrogen and oxygen atoms in total. The summed E-state index contributed by atoms with van der Waals surface area (Å²) in [4.78, 5) is 12.6. The van der Waals surface area contributed by atoms with Crippen molar-refractivity contribution in [1.82, 2.24) is 30.2 Å². The number of aryl methyl sites for hydroxylation is 3. The minimum absolute atomic E-state index is 0.0996. The van der Waals surface area contributed by atoms with Crippen molar-refractivity contribution in [2.75, 3.05) is 6.54 Å². The summed E-state index contributed by atoms with van der Waals surface area (Å²) in [6.45, 7) is 11.5. The average molecular weight is 330 g/mol. The summed E-state index contributed by atoms with van der Waals surface area (Å²) in [7, 11) is 0. The molecule has 0 saturated heterocycles. The average Bonchev–Trinajstić information content (AvgIpc) is 3.00. The number of hydrogen-bond acceptors (Lipinski definition) is 4. The Balaban J connectivity index is 1.76. The fraction of sp³-hybridized carbons (Fsp3) is 0.588. The first-order chi connectivity index (χ1) is 11.5. The van der Waals surface area contributed by atoms with Gasteiger partial charge in [-0.1, -0.05) is 0 Å². The van der Waals surface area contributed by atoms with Crippen LogP contribution in [0.5, 0.6) is 0 Å². The van der Waals surface area contributed by atoms with Crippen LogP contribution in [0.25, 0.3) is 0 Å². The number of carbonyl (C=O) groups is 1. The van der Waals surface area contributed by atoms with Gasteiger partial charge < -0.3 is 10.6 Å². The third-order valence-electron chi connectivity index (χ3n) is 4.64. The van der Waals surface area contributed by atoms with Gasteiger partial charge in [0.1, 0.15) is 0 Å². The largest absolute Gasteiger partial charge is 0.344 e. The van der Waals surface area contributed by atoms with Crippen LogP contribution in [-0.4, -0.2) is 32.0 Å². The van der Waals surface area contributed by atoms with Crippen LogP contribution in [0.3, 0.4) is 0 Å². The highest BCUT2D eigenvalue weighted by atomic mass is 16.2. The Morgan fingerprint density at radius 3 is 2.92 bits per heavy atom. The minimum atomic E-state index is -0.133. The van der Waals surface area contributed by atoms with Gasteiger partial charge in [0.25, 0.3) is 5.91 Å². The molecule has 0 saturated carbocycles. The third kappa shape index (κ3) is 3.08. The Kier molecular flexibility index (Phi) is 4.71. The molecule has 0 aromatic carbocycles. The predicted molar refractivity (Wildman–Crippen MR) is 91.8 cm³/mol. The van der Waals surface area contributed by atoms with Gasteiger partial charge in [-0.25, -0.2) is 0 Å². The lowest BCUT2D eigenvalue weighted by molar-refractivity contribution is 0.0934. The smallest absolute Gasteiger partial charge is 0.272 e. The van der Waals surface area contributed by atoms with Crippen molar-refractivity contribution in [3.63, 3.8) is 0 Å². The molecule has 0 spiro atoms. The summed E-state index contributed by atoms with van der Waals surface area (Å²) in [6.07, 6.45) is 1.03. The highest BCUT2D eigenvalue weighted by Gasteiger charge is 2.21. The number of carbonyl (C=O) groups excluding carboxylic acids is 1. The van der Waals surface area contributed by atoms with Crippen LogP contribution in [0.1, 0.15) is 59.4 Å². The number of nitrogens with zero attached hydrogens (tertiary/aromatic N) is 4. The molecule has 0 radical (unpaired) electrons. The Labute approximate surface area is 142 Å². The Bertz CT molecular complexity index is 721. The highest BCUT2D eigenvalue weighted by Crippen LogP contribution is 2.21. The van der Waals surface area contributed by atoms with E-state index in [1.54, 1.807) is 0 Å². The van der Waals surface area contributed by atoms with Gasteiger partial charge in [-0.15, -0.1) is 0 Å². The van der Waals surface area contributed by atoms with Gasteiger partial charge in [0.15, 0.2) is 5.69 Å². The number of nitrogens with one attached hydrogen (secondary N) is 2. The summed E-state index contributed by atoms with van der Waals surface area (Å²) in [5.41, 5.74) is 4.71. The van der Waals surface area contributed by atoms with E-state index in [1.807, 2.05) is 36.2 Å². The van der Waals surface area contributed by atoms with Crippen LogP contribution in [-0.2, 0) is 19.6 Å². The predicted octanol–water partition coefficient (Wildman–Crippen LogP) is 1.70. The summed E-state index contributed by atoms with van der Waals surface area (Å²) >= 11 is 0. The topological polar surface area (TPSA) is 76.8 Å². The van der Waals surface area contributed by atoms with Crippen molar-refractivity contribution >= 4 is 5.91 Å². The fourth-order valence-electron chi connectivity index (χ4n) is 3.46. The zero-order valence-corrected chi connectivity index (χ0v) is 14.9. The molecule has 0 unspecified atom stereocenters. The molecule has 3 heterocycles. The van der Waals surface area contributed by atoms with E-state index in [9.17, 15) is 4.79 Å². The molecule has 24 heavy (non-hydrogen) atoms. The number of amides is 1. The van der Waals surface area contributed by atoms with Crippen molar-refractivity contribution < 1.29 is 4.79 Å². The van der Waals surface area contributed by atoms with Gasteiger partial charge >= 0.3 is 0 Å². The molecule has 0 aliphatic carbocycles. The van der Waals surface area contributed by atoms with Gasteiger partial charge in [-0.05, 0) is 46.7 Å². The van der Waals surface area contributed by atoms with Crippen LogP contribution >= 0.6 is 0 Å². The van der Waals surface area contributed by atoms with Crippen LogP contribution < -0.4 is 10.6 Å². The van der Waals surface area contributed by atoms with E-state index < -0.39 is 0 Å². The van der Waals surface area contributed by atoms with Gasteiger partial charge in [0.05, 0.1) is 17.4 Å². The van der Waals surface area contributed by atoms with E-state index >= 15 is 0 Å². The molecule has 0 fully saturated rings. The lowest BCUT2D eigenvalue weighted by atomic mass is 10.1. The van der Waals surface area contributed by atoms with E-state index in [4.69, 9.17) is 0 Å². The monoisotopic (exact) mass is 330 g/mol. The fourth-order valence-corrected chi connectivity index (χ4v) is 3.46. The van der Waals surface area contributed by atoms with E-state index in [0.29, 0.717) is 5.69 Å². The standard InChI is InChI=1S/C17H26N6O/c1-5-22-13(4)16(12(3)20-22)11(2)19-17(24)15-9-14-10-18-7-6-8-23(14)21-15/h9,11,18H,5-8,10H2,1-4H3,(H,19,24)/t11-/m0/s1. The Hall–Kier alpha value is -2.15. The lowest BCUT2D eigenvalue weighted by Crippen LogP contribution is -2.28. The maximum Gasteiger partial charge on any atom is 0.272 e. The molecule has 7 heteroatoms. The van der Waals surface area contributed by atoms with Crippen LogP contribution in [0.4, 0.5) is 0 Å². The molecule has 2 N–H and O–H groups in total. The SMILES string of the molecule is CCn1nc(C)c([C@H](C)NC(=O)c2cc3n(n2)CCCNC3)c1C. The molecule has 2 aromatic rings. The van der Waals surface area contributed by atoms with Crippen LogP contribution in [0, 0.1) is 13.8 Å². The number of hydrogen-bond donors (Lipinski definition) is 2. The van der Waals surface area contributed by atoms with E-state index in [-0.39, 0.29) is 11.9 Å². The van der Waals surface area contributed by atoms with Crippen LogP contribution in [0.2, 0.25) is 0 Å². The first-order valence-corrected chi connectivity index (χ1v) is 8.63. The molecule has 2 aromatic heterocycles. The van der Waals surface area contributed by atoms with E-state index in [1.165, 1.54) is 0 Å². The van der Waals surface area contributed by atoms with Crippen molar-refractivity contribution in [3.8, 4) is 0 Å². The summed E-state index contributed by atoms with van der Waals surface area (Å²) in [5, 5.41) is 15.4. The second-order valence-corrected chi connectivity index (χ2v) is 6.37. The number of aromatic nitrogens is 4. The molecular weight excluding hydrogens is 304 g/mol. The van der Waals surface area contributed by atoms with Gasteiger partial charge in [0.2, 0.25) is 0 Å². The maximum absolute atomic E-state index is 12.6. The Morgan fingerprint density at radius 1 is 1.42 bits per heavy atom. The number of fused-ring (bicyclic) bond motifs is 1. The molecule has 1 amide bonds. The highest BCUT2D eigenvalue weighted by molar-refractivity contribution is 5.92. The Morgan fingerprint density at radius 2 is 2.21 bits per heavy atom. The summed E-state index contributed by atoms with van der Waals surface area (Å²) in [6, 6.07) is 1.78. The minimum Gasteiger partial charge on any atom is -0.344 e. The molecule has 130 valence electrons. The molecule has 3 rings (SSSR count). The van der Waals surface area contributed by atoms with E-state index in [0.717, 1.165) is 55.2 Å². The van der Waals surface area contributed by atoms with Crippen molar-refractivity contribution in [2.45, 2.75) is 59.8 Å². The first kappa shape index (κ1) is 16.7. The number of rotatable bonds is 4. The molecular formula is C17H26N6O. The molecule has 1 aliphatic rings. The molecule has 1 atom stereocenters. The van der Waals surface area contributed by atoms with E-state index in [2.05, 4.69) is 27.8 Å². The van der Waals surface area contributed by atoms with Crippen molar-refractivity contribution in [1.29, 1.82) is 0 Å². The maximum atomic E-state index is 12.6.